The minimum Gasteiger partial charge on any atom is -0.463 e. The summed E-state index contributed by atoms with van der Waals surface area (Å²) in [6, 6.07) is 0. The van der Waals surface area contributed by atoms with Crippen molar-refractivity contribution in [3.8, 4) is 0 Å². The fourth-order valence-corrected chi connectivity index (χ4v) is 14.8. The second-order valence-electron chi connectivity index (χ2n) is 32.5. The monoisotopic (exact) mass is 1760 g/mol. The smallest absolute Gasteiger partial charge is 0.463 e. The van der Waals surface area contributed by atoms with Gasteiger partial charge in [-0.2, -0.15) is 0 Å². The fraction of sp³-hybridized carbons (Fsp3) is 0.686. The number of aliphatic hydroxyl groups excluding tert-OH is 2. The Morgan fingerprint density at radius 3 is 0.683 bits per heavy atom. The summed E-state index contributed by atoms with van der Waals surface area (Å²) >= 11 is 0. The van der Waals surface area contributed by atoms with Crippen LogP contribution in [0.1, 0.15) is 406 Å². The van der Waals surface area contributed by atoms with E-state index in [1.165, 1.54) is 167 Å². The van der Waals surface area contributed by atoms with Gasteiger partial charge < -0.3 is 34.2 Å². The lowest BCUT2D eigenvalue weighted by molar-refractivity contribution is -0.161. The summed E-state index contributed by atoms with van der Waals surface area (Å²) in [7, 11) is -9.82. The van der Waals surface area contributed by atoms with E-state index in [1.807, 2.05) is 0 Å². The number of esters is 3. The molecule has 0 saturated heterocycles. The molecule has 0 aliphatic rings. The summed E-state index contributed by atoms with van der Waals surface area (Å²) in [6.07, 6.45) is 127. The number of ether oxygens (including phenoxy) is 3. The van der Waals surface area contributed by atoms with Crippen molar-refractivity contribution in [2.24, 2.45) is 0 Å². The van der Waals surface area contributed by atoms with Gasteiger partial charge in [0.1, 0.15) is 25.4 Å². The molecule has 704 valence electrons. The average molecular weight is 1760 g/mol. The standard InChI is InChI=1S/C105H178O16P2/c1-4-7-10-13-16-19-22-25-28-31-34-37-40-42-44-46-48-49-51-53-54-56-59-61-64-67-70-73-76-79-82-85-88-91-103(108)115-94-100(106)95-117-122(111,112)118-96-101(107)97-119-123(113,114)120-99-102(121-105(110)93-90-87-84-81-78-75-72-69-66-63-58-39-36-33-30-27-24-21-18-15-12-9-6-3)98-116-104(109)92-89-86-83-80-77-74-71-68-65-62-60-57-55-52-50-47-45-43-41-38-35-32-29-26-23-20-17-14-11-8-5-2/h7-8,10-11,16-21,25-30,34-39,42-45,48-49,63,66,100-102,106-107H,4-6,9,12-15,22-24,31-33,40-41,46-47,50-62,64-65,67-99H2,1-3H3,(H,111,112)(H,113,114)/b10-7-,11-8-,19-16-,20-17-,21-18-,28-25-,29-26-,30-27-,37-34-,38-35-,39-36-,44-42-,45-43-,49-48-,66-63-. The highest BCUT2D eigenvalue weighted by atomic mass is 31.2. The number of hydrogen-bond acceptors (Lipinski definition) is 14. The topological polar surface area (TPSA) is 231 Å². The second kappa shape index (κ2) is 95.7. The molecule has 0 aliphatic heterocycles. The molecule has 0 bridgehead atoms. The zero-order valence-corrected chi connectivity index (χ0v) is 79.6. The first-order chi connectivity index (χ1) is 60.2. The summed E-state index contributed by atoms with van der Waals surface area (Å²) in [5.74, 6) is -1.58. The summed E-state index contributed by atoms with van der Waals surface area (Å²) in [6.45, 7) is 2.47. The van der Waals surface area contributed by atoms with Crippen LogP contribution in [0.4, 0.5) is 0 Å². The van der Waals surface area contributed by atoms with Crippen LogP contribution in [0.15, 0.2) is 182 Å². The van der Waals surface area contributed by atoms with E-state index in [-0.39, 0.29) is 19.3 Å². The van der Waals surface area contributed by atoms with Crippen molar-refractivity contribution in [1.82, 2.24) is 0 Å². The summed E-state index contributed by atoms with van der Waals surface area (Å²) < 4.78 is 61.6. The van der Waals surface area contributed by atoms with Crippen LogP contribution < -0.4 is 0 Å². The lowest BCUT2D eigenvalue weighted by Crippen LogP contribution is -2.30. The highest BCUT2D eigenvalue weighted by molar-refractivity contribution is 7.47. The minimum atomic E-state index is -4.95. The molecule has 18 heteroatoms. The Bertz CT molecular complexity index is 2970. The van der Waals surface area contributed by atoms with Crippen LogP contribution in [-0.2, 0) is 55.8 Å². The molecule has 0 radical (unpaired) electrons. The Labute approximate surface area is 751 Å². The lowest BCUT2D eigenvalue weighted by atomic mass is 10.0. The van der Waals surface area contributed by atoms with Crippen LogP contribution in [-0.4, -0.2) is 95.9 Å². The Hall–Kier alpha value is -5.35. The van der Waals surface area contributed by atoms with Gasteiger partial charge in [0.25, 0.3) is 0 Å². The lowest BCUT2D eigenvalue weighted by Gasteiger charge is -2.21. The molecule has 0 rings (SSSR count). The molecule has 0 aromatic heterocycles. The van der Waals surface area contributed by atoms with Crippen molar-refractivity contribution in [2.75, 3.05) is 39.6 Å². The van der Waals surface area contributed by atoms with Crippen molar-refractivity contribution >= 4 is 33.6 Å². The number of allylic oxidation sites excluding steroid dienone is 30. The van der Waals surface area contributed by atoms with Gasteiger partial charge in [-0.3, -0.25) is 32.5 Å². The maximum atomic E-state index is 13.1. The van der Waals surface area contributed by atoms with Crippen molar-refractivity contribution < 1.29 is 75.8 Å². The molecule has 16 nitrogen and oxygen atoms in total. The van der Waals surface area contributed by atoms with Gasteiger partial charge in [-0.25, -0.2) is 9.13 Å². The summed E-state index contributed by atoms with van der Waals surface area (Å²) in [5.41, 5.74) is 0. The molecule has 0 saturated carbocycles. The first-order valence-electron chi connectivity index (χ1n) is 49.1. The van der Waals surface area contributed by atoms with E-state index >= 15 is 0 Å². The molecule has 0 amide bonds. The van der Waals surface area contributed by atoms with Gasteiger partial charge in [0.2, 0.25) is 0 Å². The number of carbonyl (C=O) groups is 3. The Morgan fingerprint density at radius 2 is 0.431 bits per heavy atom. The highest BCUT2D eigenvalue weighted by Gasteiger charge is 2.30. The van der Waals surface area contributed by atoms with Gasteiger partial charge in [0.05, 0.1) is 26.4 Å². The zero-order chi connectivity index (χ0) is 89.3. The third-order valence-electron chi connectivity index (χ3n) is 20.6. The summed E-state index contributed by atoms with van der Waals surface area (Å²) in [5, 5.41) is 20.8. The van der Waals surface area contributed by atoms with E-state index < -0.39 is 91.5 Å². The van der Waals surface area contributed by atoms with E-state index in [1.54, 1.807) is 0 Å². The normalized spacial score (nSPS) is 14.5. The molecule has 0 aromatic carbocycles. The molecular weight excluding hydrogens is 1580 g/mol. The molecule has 0 aliphatic carbocycles. The summed E-state index contributed by atoms with van der Waals surface area (Å²) in [4.78, 5) is 59.1. The van der Waals surface area contributed by atoms with Gasteiger partial charge in [0.15, 0.2) is 6.10 Å². The average Bonchev–Trinajstić information content (AvgIpc) is 0.898. The first kappa shape index (κ1) is 118. The Morgan fingerprint density at radius 1 is 0.236 bits per heavy atom. The number of phosphoric ester groups is 2. The molecular formula is C105H178O16P2. The van der Waals surface area contributed by atoms with Crippen LogP contribution in [0.5, 0.6) is 0 Å². The number of rotatable bonds is 92. The fourth-order valence-electron chi connectivity index (χ4n) is 13.2. The van der Waals surface area contributed by atoms with Gasteiger partial charge >= 0.3 is 33.6 Å². The van der Waals surface area contributed by atoms with Gasteiger partial charge in [0, 0.05) is 19.3 Å². The molecule has 0 aromatic rings. The Balaban J connectivity index is 4.59. The second-order valence-corrected chi connectivity index (χ2v) is 35.4. The number of unbranched alkanes of at least 4 members (excludes halogenated alkanes) is 39. The Kier molecular flexibility index (Phi) is 91.6. The van der Waals surface area contributed by atoms with E-state index in [9.17, 15) is 43.5 Å². The zero-order valence-electron chi connectivity index (χ0n) is 77.8. The predicted octanol–water partition coefficient (Wildman–Crippen LogP) is 30.8. The maximum Gasteiger partial charge on any atom is 0.472 e. The van der Waals surface area contributed by atoms with Gasteiger partial charge in [-0.1, -0.05) is 409 Å². The van der Waals surface area contributed by atoms with Crippen molar-refractivity contribution in [1.29, 1.82) is 0 Å². The number of phosphoric acid groups is 2. The quantitative estimate of drug-likeness (QED) is 0.0146. The third kappa shape index (κ3) is 97.1. The van der Waals surface area contributed by atoms with Crippen LogP contribution >= 0.6 is 15.6 Å². The molecule has 123 heavy (non-hydrogen) atoms. The van der Waals surface area contributed by atoms with Crippen LogP contribution in [0.3, 0.4) is 0 Å². The molecule has 5 atom stereocenters. The van der Waals surface area contributed by atoms with E-state index in [0.717, 1.165) is 180 Å². The van der Waals surface area contributed by atoms with Crippen LogP contribution in [0.25, 0.3) is 0 Å². The van der Waals surface area contributed by atoms with Crippen molar-refractivity contribution in [2.45, 2.75) is 424 Å². The van der Waals surface area contributed by atoms with Crippen LogP contribution in [0, 0.1) is 0 Å². The molecule has 0 spiro atoms. The first-order valence-corrected chi connectivity index (χ1v) is 52.1. The van der Waals surface area contributed by atoms with E-state index in [4.69, 9.17) is 32.3 Å². The molecule has 0 fully saturated rings. The third-order valence-corrected chi connectivity index (χ3v) is 22.5. The van der Waals surface area contributed by atoms with E-state index in [0.29, 0.717) is 19.3 Å². The highest BCUT2D eigenvalue weighted by Crippen LogP contribution is 2.45. The number of hydrogen-bond donors (Lipinski definition) is 4. The molecule has 4 N–H and O–H groups in total. The van der Waals surface area contributed by atoms with Crippen molar-refractivity contribution in [3.05, 3.63) is 182 Å². The number of carbonyl (C=O) groups excluding carboxylic acids is 3. The number of aliphatic hydroxyl groups is 2. The molecule has 5 unspecified atom stereocenters. The van der Waals surface area contributed by atoms with Gasteiger partial charge in [-0.05, 0) is 161 Å². The maximum absolute atomic E-state index is 13.1. The van der Waals surface area contributed by atoms with E-state index in [2.05, 4.69) is 203 Å². The molecule has 0 heterocycles. The minimum absolute atomic E-state index is 0.0890. The SMILES string of the molecule is CC/C=C\C/C=C\C/C=C\C/C=C\C/C=C\C/C=C\CCCCCCCCCCCCCCCCC(=O)OCC(O)COP(=O)(O)OCC(O)COP(=O)(O)OCC(COC(=O)CCCCCCCCCCCCCCCCC/C=C\C/C=C\C/C=C\C/C=C\C/C=C\CC)OC(=O)CCCCCCCCC/C=C\C/C=C\C/C=C\C/C=C\CCCCC. The predicted molar refractivity (Wildman–Crippen MR) is 518 cm³/mol. The largest absolute Gasteiger partial charge is 0.472 e. The van der Waals surface area contributed by atoms with Crippen molar-refractivity contribution in [3.63, 3.8) is 0 Å². The van der Waals surface area contributed by atoms with Crippen LogP contribution in [0.2, 0.25) is 0 Å². The van der Waals surface area contributed by atoms with Gasteiger partial charge in [-0.15, -0.1) is 0 Å².